The summed E-state index contributed by atoms with van der Waals surface area (Å²) in [6.07, 6.45) is 0. The monoisotopic (exact) mass is 269 g/mol. The van der Waals surface area contributed by atoms with Crippen molar-refractivity contribution < 1.29 is 4.74 Å². The van der Waals surface area contributed by atoms with Gasteiger partial charge in [-0.2, -0.15) is 0 Å². The summed E-state index contributed by atoms with van der Waals surface area (Å²) < 4.78 is 5.48. The lowest BCUT2D eigenvalue weighted by Gasteiger charge is -2.20. The van der Waals surface area contributed by atoms with Gasteiger partial charge in [-0.25, -0.2) is 0 Å². The smallest absolute Gasteiger partial charge is 0.126 e. The van der Waals surface area contributed by atoms with E-state index in [-0.39, 0.29) is 6.04 Å². The Morgan fingerprint density at radius 3 is 2.20 bits per heavy atom. The minimum atomic E-state index is 0.265. The molecule has 20 heavy (non-hydrogen) atoms. The van der Waals surface area contributed by atoms with E-state index in [4.69, 9.17) is 4.74 Å². The quantitative estimate of drug-likeness (QED) is 0.861. The maximum absolute atomic E-state index is 5.48. The second kappa shape index (κ2) is 6.00. The largest absolute Gasteiger partial charge is 0.496 e. The molecule has 0 aliphatic heterocycles. The molecule has 1 N–H and O–H groups in total. The van der Waals surface area contributed by atoms with Crippen LogP contribution in [0.3, 0.4) is 0 Å². The average molecular weight is 269 g/mol. The number of hydrogen-bond acceptors (Lipinski definition) is 2. The minimum Gasteiger partial charge on any atom is -0.496 e. The van der Waals surface area contributed by atoms with Crippen molar-refractivity contribution in [2.75, 3.05) is 12.4 Å². The van der Waals surface area contributed by atoms with Crippen molar-refractivity contribution >= 4 is 5.69 Å². The SMILES string of the molecule is COc1c(C)ccc(NC(C)c2ccc(C)cc2)c1C. The second-order valence-corrected chi connectivity index (χ2v) is 5.36. The normalized spacial score (nSPS) is 12.1. The molecule has 0 saturated heterocycles. The Balaban J connectivity index is 2.23. The van der Waals surface area contributed by atoms with Crippen LogP contribution in [-0.2, 0) is 0 Å². The van der Waals surface area contributed by atoms with Crippen molar-refractivity contribution in [3.63, 3.8) is 0 Å². The van der Waals surface area contributed by atoms with Gasteiger partial charge in [0.2, 0.25) is 0 Å². The topological polar surface area (TPSA) is 21.3 Å². The fraction of sp³-hybridized carbons (Fsp3) is 0.333. The van der Waals surface area contributed by atoms with E-state index in [9.17, 15) is 0 Å². The molecule has 2 nitrogen and oxygen atoms in total. The zero-order valence-corrected chi connectivity index (χ0v) is 12.9. The van der Waals surface area contributed by atoms with Crippen LogP contribution < -0.4 is 10.1 Å². The number of rotatable bonds is 4. The van der Waals surface area contributed by atoms with E-state index in [2.05, 4.69) is 69.4 Å². The van der Waals surface area contributed by atoms with Gasteiger partial charge < -0.3 is 10.1 Å². The fourth-order valence-corrected chi connectivity index (χ4v) is 2.47. The highest BCUT2D eigenvalue weighted by Crippen LogP contribution is 2.31. The molecule has 0 radical (unpaired) electrons. The number of aryl methyl sites for hydroxylation is 2. The molecule has 2 heteroatoms. The maximum atomic E-state index is 5.48. The Bertz CT molecular complexity index is 587. The van der Waals surface area contributed by atoms with Crippen molar-refractivity contribution in [2.45, 2.75) is 33.7 Å². The summed E-state index contributed by atoms with van der Waals surface area (Å²) in [5.41, 5.74) is 6.02. The van der Waals surface area contributed by atoms with Crippen LogP contribution in [0.2, 0.25) is 0 Å². The lowest BCUT2D eigenvalue weighted by atomic mass is 10.0. The van der Waals surface area contributed by atoms with Crippen LogP contribution in [0.5, 0.6) is 5.75 Å². The zero-order chi connectivity index (χ0) is 14.7. The number of benzene rings is 2. The molecule has 0 fully saturated rings. The summed E-state index contributed by atoms with van der Waals surface area (Å²) in [5.74, 6) is 0.964. The third kappa shape index (κ3) is 2.96. The Morgan fingerprint density at radius 2 is 1.60 bits per heavy atom. The van der Waals surface area contributed by atoms with Crippen molar-refractivity contribution in [3.05, 3.63) is 58.7 Å². The van der Waals surface area contributed by atoms with Gasteiger partial charge in [-0.1, -0.05) is 35.9 Å². The number of methoxy groups -OCH3 is 1. The minimum absolute atomic E-state index is 0.265. The molecule has 2 aromatic carbocycles. The molecule has 0 aliphatic rings. The molecular weight excluding hydrogens is 246 g/mol. The second-order valence-electron chi connectivity index (χ2n) is 5.36. The van der Waals surface area contributed by atoms with E-state index in [0.29, 0.717) is 0 Å². The molecule has 0 saturated carbocycles. The van der Waals surface area contributed by atoms with Gasteiger partial charge >= 0.3 is 0 Å². The highest BCUT2D eigenvalue weighted by molar-refractivity contribution is 5.60. The van der Waals surface area contributed by atoms with Crippen LogP contribution in [0.15, 0.2) is 36.4 Å². The van der Waals surface area contributed by atoms with Gasteiger partial charge in [-0.05, 0) is 44.9 Å². The number of hydrogen-bond donors (Lipinski definition) is 1. The van der Waals surface area contributed by atoms with Crippen LogP contribution in [0, 0.1) is 20.8 Å². The van der Waals surface area contributed by atoms with Crippen molar-refractivity contribution in [2.24, 2.45) is 0 Å². The Hall–Kier alpha value is -1.96. The Labute approximate surface area is 121 Å². The molecule has 106 valence electrons. The van der Waals surface area contributed by atoms with Crippen LogP contribution in [0.25, 0.3) is 0 Å². The van der Waals surface area contributed by atoms with E-state index in [0.717, 1.165) is 17.0 Å². The predicted octanol–water partition coefficient (Wildman–Crippen LogP) is 4.79. The molecule has 0 amide bonds. The highest BCUT2D eigenvalue weighted by Gasteiger charge is 2.11. The summed E-state index contributed by atoms with van der Waals surface area (Å²) in [7, 11) is 1.72. The molecule has 0 bridgehead atoms. The first kappa shape index (κ1) is 14.4. The van der Waals surface area contributed by atoms with E-state index >= 15 is 0 Å². The van der Waals surface area contributed by atoms with Gasteiger partial charge in [-0.15, -0.1) is 0 Å². The highest BCUT2D eigenvalue weighted by atomic mass is 16.5. The molecule has 1 unspecified atom stereocenters. The molecule has 0 aliphatic carbocycles. The molecule has 0 heterocycles. The first-order chi connectivity index (χ1) is 9.52. The first-order valence-corrected chi connectivity index (χ1v) is 7.00. The Kier molecular flexibility index (Phi) is 4.33. The van der Waals surface area contributed by atoms with Crippen LogP contribution >= 0.6 is 0 Å². The summed E-state index contributed by atoms with van der Waals surface area (Å²) >= 11 is 0. The van der Waals surface area contributed by atoms with Crippen LogP contribution in [0.1, 0.15) is 35.2 Å². The maximum Gasteiger partial charge on any atom is 0.126 e. The predicted molar refractivity (Wildman–Crippen MR) is 85.7 cm³/mol. The molecule has 2 rings (SSSR count). The lowest BCUT2D eigenvalue weighted by Crippen LogP contribution is -2.08. The number of nitrogens with one attached hydrogen (secondary N) is 1. The van der Waals surface area contributed by atoms with Gasteiger partial charge in [-0.3, -0.25) is 0 Å². The number of ether oxygens (including phenoxy) is 1. The molecule has 0 aromatic heterocycles. The van der Waals surface area contributed by atoms with Crippen LogP contribution in [-0.4, -0.2) is 7.11 Å². The van der Waals surface area contributed by atoms with Gasteiger partial charge in [0.15, 0.2) is 0 Å². The molecular formula is C18H23NO. The average Bonchev–Trinajstić information content (AvgIpc) is 2.43. The third-order valence-corrected chi connectivity index (χ3v) is 3.76. The van der Waals surface area contributed by atoms with Crippen molar-refractivity contribution in [1.82, 2.24) is 0 Å². The third-order valence-electron chi connectivity index (χ3n) is 3.76. The van der Waals surface area contributed by atoms with E-state index in [1.807, 2.05) is 0 Å². The lowest BCUT2D eigenvalue weighted by molar-refractivity contribution is 0.409. The van der Waals surface area contributed by atoms with Crippen molar-refractivity contribution in [1.29, 1.82) is 0 Å². The van der Waals surface area contributed by atoms with E-state index < -0.39 is 0 Å². The summed E-state index contributed by atoms with van der Waals surface area (Å²) in [6.45, 7) is 8.45. The first-order valence-electron chi connectivity index (χ1n) is 7.00. The molecule has 1 atom stereocenters. The van der Waals surface area contributed by atoms with Gasteiger partial charge in [0, 0.05) is 17.3 Å². The van der Waals surface area contributed by atoms with E-state index in [1.54, 1.807) is 7.11 Å². The molecule has 0 spiro atoms. The zero-order valence-electron chi connectivity index (χ0n) is 12.9. The fourth-order valence-electron chi connectivity index (χ4n) is 2.47. The number of anilines is 1. The summed E-state index contributed by atoms with van der Waals surface area (Å²) in [6, 6.07) is 13.1. The van der Waals surface area contributed by atoms with Gasteiger partial charge in [0.25, 0.3) is 0 Å². The summed E-state index contributed by atoms with van der Waals surface area (Å²) in [5, 5.41) is 3.57. The molecule has 2 aromatic rings. The standard InChI is InChI=1S/C18H23NO/c1-12-6-9-16(10-7-12)15(4)19-17-11-8-13(2)18(20-5)14(17)3/h6-11,15,19H,1-5H3. The van der Waals surface area contributed by atoms with Crippen molar-refractivity contribution in [3.8, 4) is 5.75 Å². The van der Waals surface area contributed by atoms with Gasteiger partial charge in [0.05, 0.1) is 7.11 Å². The van der Waals surface area contributed by atoms with Crippen LogP contribution in [0.4, 0.5) is 5.69 Å². The van der Waals surface area contributed by atoms with Gasteiger partial charge in [0.1, 0.15) is 5.75 Å². The Morgan fingerprint density at radius 1 is 0.950 bits per heavy atom. The summed E-state index contributed by atoms with van der Waals surface area (Å²) in [4.78, 5) is 0. The van der Waals surface area contributed by atoms with E-state index in [1.165, 1.54) is 16.7 Å².